The summed E-state index contributed by atoms with van der Waals surface area (Å²) >= 11 is 0. The van der Waals surface area contributed by atoms with E-state index in [4.69, 9.17) is 0 Å². The summed E-state index contributed by atoms with van der Waals surface area (Å²) in [5, 5.41) is 3.15. The minimum atomic E-state index is -0.162. The van der Waals surface area contributed by atoms with Gasteiger partial charge in [-0.1, -0.05) is 43.3 Å². The average Bonchev–Trinajstić information content (AvgIpc) is 2.83. The third-order valence-corrected chi connectivity index (χ3v) is 6.20. The first-order valence-corrected chi connectivity index (χ1v) is 10.5. The van der Waals surface area contributed by atoms with Crippen LogP contribution in [0.2, 0.25) is 0 Å². The van der Waals surface area contributed by atoms with Crippen molar-refractivity contribution in [2.75, 3.05) is 36.5 Å². The van der Waals surface area contributed by atoms with Crippen LogP contribution in [0.15, 0.2) is 48.5 Å². The van der Waals surface area contributed by atoms with Crippen LogP contribution in [-0.4, -0.2) is 38.5 Å². The summed E-state index contributed by atoms with van der Waals surface area (Å²) in [6.07, 6.45) is 3.41. The highest BCUT2D eigenvalue weighted by molar-refractivity contribution is 6.00. The van der Waals surface area contributed by atoms with Crippen molar-refractivity contribution in [2.24, 2.45) is 5.92 Å². The van der Waals surface area contributed by atoms with Crippen molar-refractivity contribution < 1.29 is 9.59 Å². The van der Waals surface area contributed by atoms with Crippen molar-refractivity contribution in [3.8, 4) is 0 Å². The van der Waals surface area contributed by atoms with Gasteiger partial charge in [0.2, 0.25) is 11.8 Å². The molecule has 0 spiro atoms. The number of aryl methyl sites for hydroxylation is 1. The summed E-state index contributed by atoms with van der Waals surface area (Å²) in [7, 11) is 1.81. The van der Waals surface area contributed by atoms with Crippen LogP contribution >= 0.6 is 0 Å². The highest BCUT2D eigenvalue weighted by Gasteiger charge is 2.30. The van der Waals surface area contributed by atoms with Crippen LogP contribution in [0.25, 0.3) is 0 Å². The molecule has 0 saturated heterocycles. The maximum atomic E-state index is 12.8. The SMILES string of the molecule is C[C@@H]1CN(CC(=O)NC[C@@H]2CCCc3ccccc32)c2ccccc2N(C)C1=O. The second-order valence-electron chi connectivity index (χ2n) is 8.26. The maximum Gasteiger partial charge on any atom is 0.239 e. The Bertz CT molecular complexity index is 911. The topological polar surface area (TPSA) is 52.7 Å². The summed E-state index contributed by atoms with van der Waals surface area (Å²) in [5.74, 6) is 0.309. The Morgan fingerprint density at radius 1 is 1.10 bits per heavy atom. The molecule has 1 N–H and O–H groups in total. The van der Waals surface area contributed by atoms with Crippen LogP contribution in [0, 0.1) is 5.92 Å². The Morgan fingerprint density at radius 3 is 2.66 bits per heavy atom. The second kappa shape index (κ2) is 8.27. The molecule has 2 aliphatic rings. The fourth-order valence-corrected chi connectivity index (χ4v) is 4.65. The first-order chi connectivity index (χ1) is 14.0. The van der Waals surface area contributed by atoms with Gasteiger partial charge in [-0.2, -0.15) is 0 Å². The minimum absolute atomic E-state index is 0.00654. The Morgan fingerprint density at radius 2 is 1.83 bits per heavy atom. The Hall–Kier alpha value is -2.82. The zero-order valence-electron chi connectivity index (χ0n) is 17.2. The van der Waals surface area contributed by atoms with E-state index in [0.29, 0.717) is 19.0 Å². The lowest BCUT2D eigenvalue weighted by molar-refractivity contribution is -0.122. The second-order valence-corrected chi connectivity index (χ2v) is 8.26. The first-order valence-electron chi connectivity index (χ1n) is 10.5. The molecular weight excluding hydrogens is 362 g/mol. The number of hydrogen-bond acceptors (Lipinski definition) is 3. The third kappa shape index (κ3) is 4.00. The molecule has 4 rings (SSSR count). The van der Waals surface area contributed by atoms with E-state index in [1.165, 1.54) is 17.5 Å². The molecule has 0 radical (unpaired) electrons. The van der Waals surface area contributed by atoms with E-state index in [1.54, 1.807) is 4.90 Å². The minimum Gasteiger partial charge on any atom is -0.360 e. The monoisotopic (exact) mass is 391 g/mol. The van der Waals surface area contributed by atoms with Crippen LogP contribution in [0.1, 0.15) is 36.8 Å². The van der Waals surface area contributed by atoms with E-state index in [9.17, 15) is 9.59 Å². The van der Waals surface area contributed by atoms with Gasteiger partial charge in [0.25, 0.3) is 0 Å². The fraction of sp³-hybridized carbons (Fsp3) is 0.417. The lowest BCUT2D eigenvalue weighted by Gasteiger charge is -2.28. The van der Waals surface area contributed by atoms with Crippen LogP contribution in [0.5, 0.6) is 0 Å². The first kappa shape index (κ1) is 19.5. The number of para-hydroxylation sites is 2. The van der Waals surface area contributed by atoms with Gasteiger partial charge in [0.05, 0.1) is 23.8 Å². The van der Waals surface area contributed by atoms with Crippen LogP contribution in [0.4, 0.5) is 11.4 Å². The van der Waals surface area contributed by atoms with Crippen molar-refractivity contribution in [2.45, 2.75) is 32.1 Å². The van der Waals surface area contributed by atoms with E-state index < -0.39 is 0 Å². The molecule has 2 aromatic rings. The molecule has 1 aliphatic carbocycles. The lowest BCUT2D eigenvalue weighted by Crippen LogP contribution is -2.41. The van der Waals surface area contributed by atoms with E-state index in [-0.39, 0.29) is 24.3 Å². The van der Waals surface area contributed by atoms with Gasteiger partial charge in [0.1, 0.15) is 0 Å². The molecule has 2 amide bonds. The molecule has 1 aliphatic heterocycles. The molecule has 1 heterocycles. The standard InChI is InChI=1S/C24H29N3O2/c1-17-15-27(22-13-6-5-12-21(22)26(2)24(17)29)16-23(28)25-14-19-10-7-9-18-8-3-4-11-20(18)19/h3-6,8,11-13,17,19H,7,9-10,14-16H2,1-2H3,(H,25,28)/t17-,19+/m1/s1. The number of hydrogen-bond donors (Lipinski definition) is 1. The highest BCUT2D eigenvalue weighted by atomic mass is 16.2. The molecule has 152 valence electrons. The highest BCUT2D eigenvalue weighted by Crippen LogP contribution is 2.33. The molecule has 0 saturated carbocycles. The molecule has 0 fully saturated rings. The largest absolute Gasteiger partial charge is 0.360 e. The fourth-order valence-electron chi connectivity index (χ4n) is 4.65. The maximum absolute atomic E-state index is 12.8. The van der Waals surface area contributed by atoms with E-state index in [0.717, 1.165) is 24.2 Å². The summed E-state index contributed by atoms with van der Waals surface area (Å²) in [4.78, 5) is 29.1. The summed E-state index contributed by atoms with van der Waals surface area (Å²) in [5.41, 5.74) is 4.58. The number of rotatable bonds is 4. The van der Waals surface area contributed by atoms with Crippen LogP contribution < -0.4 is 15.1 Å². The molecule has 0 unspecified atom stereocenters. The van der Waals surface area contributed by atoms with Gasteiger partial charge in [0.15, 0.2) is 0 Å². The molecule has 2 atom stereocenters. The van der Waals surface area contributed by atoms with E-state index in [2.05, 4.69) is 29.6 Å². The Balaban J connectivity index is 1.45. The quantitative estimate of drug-likeness (QED) is 0.870. The van der Waals surface area contributed by atoms with Gasteiger partial charge in [0, 0.05) is 26.1 Å². The van der Waals surface area contributed by atoms with Gasteiger partial charge >= 0.3 is 0 Å². The Labute approximate surface area is 172 Å². The number of amides is 2. The molecule has 0 bridgehead atoms. The van der Waals surface area contributed by atoms with Gasteiger partial charge in [-0.05, 0) is 42.5 Å². The number of carbonyl (C=O) groups excluding carboxylic acids is 2. The number of carbonyl (C=O) groups is 2. The molecule has 0 aromatic heterocycles. The molecule has 2 aromatic carbocycles. The Kier molecular flexibility index (Phi) is 5.56. The van der Waals surface area contributed by atoms with Gasteiger partial charge < -0.3 is 15.1 Å². The predicted molar refractivity (Wildman–Crippen MR) is 116 cm³/mol. The smallest absolute Gasteiger partial charge is 0.239 e. The summed E-state index contributed by atoms with van der Waals surface area (Å²) in [6.45, 7) is 3.39. The van der Waals surface area contributed by atoms with E-state index >= 15 is 0 Å². The number of anilines is 2. The normalized spacial score (nSPS) is 21.2. The molecule has 5 nitrogen and oxygen atoms in total. The molecule has 5 heteroatoms. The van der Waals surface area contributed by atoms with Crippen molar-refractivity contribution in [3.05, 3.63) is 59.7 Å². The van der Waals surface area contributed by atoms with Crippen LogP contribution in [0.3, 0.4) is 0 Å². The molecule has 29 heavy (non-hydrogen) atoms. The third-order valence-electron chi connectivity index (χ3n) is 6.20. The average molecular weight is 392 g/mol. The number of benzene rings is 2. The molecular formula is C24H29N3O2. The van der Waals surface area contributed by atoms with Gasteiger partial charge in [-0.25, -0.2) is 0 Å². The zero-order chi connectivity index (χ0) is 20.4. The summed E-state index contributed by atoms with van der Waals surface area (Å²) in [6, 6.07) is 16.4. The van der Waals surface area contributed by atoms with Crippen molar-refractivity contribution in [3.63, 3.8) is 0 Å². The number of fused-ring (bicyclic) bond motifs is 2. The number of nitrogens with one attached hydrogen (secondary N) is 1. The predicted octanol–water partition coefficient (Wildman–Crippen LogP) is 3.34. The van der Waals surface area contributed by atoms with E-state index in [1.807, 2.05) is 43.1 Å². The zero-order valence-corrected chi connectivity index (χ0v) is 17.2. The van der Waals surface area contributed by atoms with Crippen LogP contribution in [-0.2, 0) is 16.0 Å². The van der Waals surface area contributed by atoms with Gasteiger partial charge in [-0.15, -0.1) is 0 Å². The van der Waals surface area contributed by atoms with Gasteiger partial charge in [-0.3, -0.25) is 9.59 Å². The van der Waals surface area contributed by atoms with Crippen molar-refractivity contribution >= 4 is 23.2 Å². The lowest BCUT2D eigenvalue weighted by atomic mass is 9.83. The summed E-state index contributed by atoms with van der Waals surface area (Å²) < 4.78 is 0. The van der Waals surface area contributed by atoms with Crippen molar-refractivity contribution in [1.82, 2.24) is 5.32 Å². The van der Waals surface area contributed by atoms with Crippen molar-refractivity contribution in [1.29, 1.82) is 0 Å². The number of nitrogens with zero attached hydrogens (tertiary/aromatic N) is 2.